The van der Waals surface area contributed by atoms with Crippen LogP contribution >= 0.6 is 11.3 Å². The number of nitrogens with one attached hydrogen (secondary N) is 1. The summed E-state index contributed by atoms with van der Waals surface area (Å²) < 4.78 is 0. The number of hydrogen-bond acceptors (Lipinski definition) is 2. The zero-order valence-corrected chi connectivity index (χ0v) is 12.9. The van der Waals surface area contributed by atoms with Crippen LogP contribution in [0.2, 0.25) is 0 Å². The molecule has 0 fully saturated rings. The summed E-state index contributed by atoms with van der Waals surface area (Å²) in [5, 5.41) is 5.86. The minimum atomic E-state index is 0.445. The summed E-state index contributed by atoms with van der Waals surface area (Å²) in [7, 11) is 0. The summed E-state index contributed by atoms with van der Waals surface area (Å²) in [5.41, 5.74) is 4.33. The molecule has 2 aromatic rings. The largest absolute Gasteiger partial charge is 0.309 e. The Morgan fingerprint density at radius 2 is 1.89 bits per heavy atom. The average Bonchev–Trinajstić information content (AvgIpc) is 2.89. The van der Waals surface area contributed by atoms with Crippen LogP contribution in [0.4, 0.5) is 0 Å². The molecule has 102 valence electrons. The number of benzene rings is 1. The molecule has 0 saturated carbocycles. The molecule has 2 rings (SSSR count). The molecule has 1 aromatic heterocycles. The van der Waals surface area contributed by atoms with E-state index in [1.165, 1.54) is 21.6 Å². The second-order valence-corrected chi connectivity index (χ2v) is 5.85. The van der Waals surface area contributed by atoms with Gasteiger partial charge in [-0.3, -0.25) is 0 Å². The van der Waals surface area contributed by atoms with Crippen molar-refractivity contribution in [2.24, 2.45) is 0 Å². The van der Waals surface area contributed by atoms with Gasteiger partial charge < -0.3 is 5.32 Å². The predicted molar refractivity (Wildman–Crippen MR) is 85.0 cm³/mol. The number of likely N-dealkylation sites (N-methyl/N-ethyl adjacent to an activating group) is 1. The van der Waals surface area contributed by atoms with Crippen molar-refractivity contribution in [1.82, 2.24) is 5.32 Å². The fourth-order valence-corrected chi connectivity index (χ4v) is 3.58. The molecule has 0 bridgehead atoms. The third-order valence-corrected chi connectivity index (χ3v) is 4.69. The van der Waals surface area contributed by atoms with E-state index in [0.717, 1.165) is 19.4 Å². The highest BCUT2D eigenvalue weighted by Gasteiger charge is 2.16. The van der Waals surface area contributed by atoms with Crippen LogP contribution in [-0.4, -0.2) is 6.54 Å². The molecule has 0 saturated heterocycles. The van der Waals surface area contributed by atoms with Gasteiger partial charge in [-0.2, -0.15) is 0 Å². The zero-order valence-electron chi connectivity index (χ0n) is 12.1. The Morgan fingerprint density at radius 1 is 1.11 bits per heavy atom. The molecule has 0 aliphatic carbocycles. The molecule has 1 nitrogen and oxygen atoms in total. The summed E-state index contributed by atoms with van der Waals surface area (Å²) in [6.45, 7) is 7.64. The van der Waals surface area contributed by atoms with E-state index in [0.29, 0.717) is 6.04 Å². The van der Waals surface area contributed by atoms with Crippen molar-refractivity contribution < 1.29 is 0 Å². The monoisotopic (exact) mass is 273 g/mol. The van der Waals surface area contributed by atoms with Crippen LogP contribution in [0, 0.1) is 6.92 Å². The van der Waals surface area contributed by atoms with Crippen molar-refractivity contribution in [3.8, 4) is 0 Å². The Balaban J connectivity index is 2.24. The molecule has 0 aliphatic rings. The molecule has 19 heavy (non-hydrogen) atoms. The van der Waals surface area contributed by atoms with E-state index >= 15 is 0 Å². The van der Waals surface area contributed by atoms with Gasteiger partial charge in [-0.15, -0.1) is 11.3 Å². The van der Waals surface area contributed by atoms with Gasteiger partial charge >= 0.3 is 0 Å². The summed E-state index contributed by atoms with van der Waals surface area (Å²) in [5.74, 6) is 0. The minimum absolute atomic E-state index is 0.445. The first-order valence-electron chi connectivity index (χ1n) is 7.10. The minimum Gasteiger partial charge on any atom is -0.309 e. The normalized spacial score (nSPS) is 12.6. The van der Waals surface area contributed by atoms with Gasteiger partial charge in [-0.25, -0.2) is 0 Å². The molecular weight excluding hydrogens is 250 g/mol. The highest BCUT2D eigenvalue weighted by molar-refractivity contribution is 7.10. The van der Waals surface area contributed by atoms with Crippen molar-refractivity contribution in [3.05, 3.63) is 57.3 Å². The van der Waals surface area contributed by atoms with E-state index in [2.05, 4.69) is 61.8 Å². The fraction of sp³-hybridized carbons (Fsp3) is 0.412. The van der Waals surface area contributed by atoms with Crippen molar-refractivity contribution in [2.45, 2.75) is 39.7 Å². The van der Waals surface area contributed by atoms with E-state index in [1.807, 2.05) is 11.3 Å². The molecule has 1 N–H and O–H groups in total. The van der Waals surface area contributed by atoms with Gasteiger partial charge in [-0.1, -0.05) is 38.1 Å². The first-order chi connectivity index (χ1) is 9.26. The Hall–Kier alpha value is -1.12. The molecule has 1 unspecified atom stereocenters. The third-order valence-electron chi connectivity index (χ3n) is 3.61. The van der Waals surface area contributed by atoms with Gasteiger partial charge in [0.15, 0.2) is 0 Å². The quantitative estimate of drug-likeness (QED) is 0.816. The second kappa shape index (κ2) is 6.88. The summed E-state index contributed by atoms with van der Waals surface area (Å²) in [6.07, 6.45) is 2.20. The van der Waals surface area contributed by atoms with Crippen LogP contribution in [0.1, 0.15) is 41.5 Å². The van der Waals surface area contributed by atoms with Gasteiger partial charge in [0.05, 0.1) is 0 Å². The molecule has 0 spiro atoms. The van der Waals surface area contributed by atoms with Crippen molar-refractivity contribution in [3.63, 3.8) is 0 Å². The molecule has 0 radical (unpaired) electrons. The summed E-state index contributed by atoms with van der Waals surface area (Å²) >= 11 is 1.88. The maximum atomic E-state index is 3.65. The van der Waals surface area contributed by atoms with E-state index in [1.54, 1.807) is 0 Å². The lowest BCUT2D eigenvalue weighted by Gasteiger charge is -2.19. The van der Waals surface area contributed by atoms with E-state index in [4.69, 9.17) is 0 Å². The maximum Gasteiger partial charge on any atom is 0.0458 e. The molecule has 0 amide bonds. The average molecular weight is 273 g/mol. The SMILES string of the molecule is CCNC(Cc1ccccc1C)c1sccc1CC. The second-order valence-electron chi connectivity index (χ2n) is 4.90. The van der Waals surface area contributed by atoms with Gasteiger partial charge in [-0.05, 0) is 54.4 Å². The Morgan fingerprint density at radius 3 is 2.58 bits per heavy atom. The molecule has 1 atom stereocenters. The highest BCUT2D eigenvalue weighted by atomic mass is 32.1. The van der Waals surface area contributed by atoms with Gasteiger partial charge in [0.25, 0.3) is 0 Å². The third kappa shape index (κ3) is 3.46. The molecule has 1 heterocycles. The van der Waals surface area contributed by atoms with Crippen LogP contribution in [0.3, 0.4) is 0 Å². The Kier molecular flexibility index (Phi) is 5.17. The van der Waals surface area contributed by atoms with Crippen molar-refractivity contribution >= 4 is 11.3 Å². The van der Waals surface area contributed by atoms with E-state index in [-0.39, 0.29) is 0 Å². The highest BCUT2D eigenvalue weighted by Crippen LogP contribution is 2.28. The van der Waals surface area contributed by atoms with Crippen LogP contribution in [-0.2, 0) is 12.8 Å². The van der Waals surface area contributed by atoms with Gasteiger partial charge in [0.1, 0.15) is 0 Å². The maximum absolute atomic E-state index is 3.65. The predicted octanol–water partition coefficient (Wildman–Crippen LogP) is 4.51. The molecule has 2 heteroatoms. The van der Waals surface area contributed by atoms with Gasteiger partial charge in [0, 0.05) is 10.9 Å². The zero-order chi connectivity index (χ0) is 13.7. The van der Waals surface area contributed by atoms with Crippen LogP contribution in [0.15, 0.2) is 35.7 Å². The van der Waals surface area contributed by atoms with Crippen LogP contribution in [0.5, 0.6) is 0 Å². The Bertz CT molecular complexity index is 515. The summed E-state index contributed by atoms with van der Waals surface area (Å²) in [6, 6.07) is 11.4. The van der Waals surface area contributed by atoms with E-state index in [9.17, 15) is 0 Å². The standard InChI is InChI=1S/C17H23NS/c1-4-14-10-11-19-17(14)16(18-5-2)12-15-9-7-6-8-13(15)3/h6-11,16,18H,4-5,12H2,1-3H3. The first-order valence-corrected chi connectivity index (χ1v) is 7.98. The van der Waals surface area contributed by atoms with Crippen LogP contribution < -0.4 is 5.32 Å². The first kappa shape index (κ1) is 14.3. The van der Waals surface area contributed by atoms with Gasteiger partial charge in [0.2, 0.25) is 0 Å². The smallest absolute Gasteiger partial charge is 0.0458 e. The topological polar surface area (TPSA) is 12.0 Å². The molecule has 1 aromatic carbocycles. The number of thiophene rings is 1. The molecule has 0 aliphatic heterocycles. The van der Waals surface area contributed by atoms with Crippen LogP contribution in [0.25, 0.3) is 0 Å². The Labute approximate surface area is 120 Å². The fourth-order valence-electron chi connectivity index (χ4n) is 2.51. The number of rotatable bonds is 6. The molecular formula is C17H23NS. The lowest BCUT2D eigenvalue weighted by atomic mass is 9.98. The van der Waals surface area contributed by atoms with E-state index < -0.39 is 0 Å². The lowest BCUT2D eigenvalue weighted by molar-refractivity contribution is 0.553. The lowest BCUT2D eigenvalue weighted by Crippen LogP contribution is -2.23. The summed E-state index contributed by atoms with van der Waals surface area (Å²) in [4.78, 5) is 1.51. The van der Waals surface area contributed by atoms with Crippen molar-refractivity contribution in [2.75, 3.05) is 6.54 Å². The number of aryl methyl sites for hydroxylation is 2. The number of hydrogen-bond donors (Lipinski definition) is 1. The van der Waals surface area contributed by atoms with Crippen molar-refractivity contribution in [1.29, 1.82) is 0 Å².